The third kappa shape index (κ3) is 3.67. The normalized spacial score (nSPS) is 16.7. The summed E-state index contributed by atoms with van der Waals surface area (Å²) in [4.78, 5) is 11.4. The van der Waals surface area contributed by atoms with Gasteiger partial charge in [0.05, 0.1) is 11.4 Å². The molecule has 0 spiro atoms. The van der Waals surface area contributed by atoms with Gasteiger partial charge in [-0.15, -0.1) is 0 Å². The molecule has 0 N–H and O–H groups in total. The maximum Gasteiger partial charge on any atom is 0.242 e. The summed E-state index contributed by atoms with van der Waals surface area (Å²) in [7, 11) is -2.17. The average Bonchev–Trinajstić information content (AvgIpc) is 2.61. The lowest BCUT2D eigenvalue weighted by molar-refractivity contribution is 0.0798. The number of carbonyl (C=O) groups excluding carboxylic acids is 1. The quantitative estimate of drug-likeness (QED) is 0.765. The van der Waals surface area contributed by atoms with Gasteiger partial charge in [-0.05, 0) is 31.2 Å². The van der Waals surface area contributed by atoms with Gasteiger partial charge in [-0.25, -0.2) is 8.42 Å². The van der Waals surface area contributed by atoms with E-state index in [1.54, 1.807) is 6.07 Å². The van der Waals surface area contributed by atoms with Crippen LogP contribution in [0.1, 0.15) is 17.3 Å². The largest absolute Gasteiger partial charge is 0.486 e. The van der Waals surface area contributed by atoms with E-state index < -0.39 is 16.1 Å². The third-order valence-electron chi connectivity index (χ3n) is 4.00. The lowest BCUT2D eigenvalue weighted by Gasteiger charge is -2.29. The zero-order valence-corrected chi connectivity index (χ0v) is 14.8. The number of fused-ring (bicyclic) bond motifs is 1. The molecule has 1 aliphatic rings. The molecule has 1 aliphatic heterocycles. The summed E-state index contributed by atoms with van der Waals surface area (Å²) < 4.78 is 38.0. The highest BCUT2D eigenvalue weighted by Crippen LogP contribution is 2.31. The van der Waals surface area contributed by atoms with E-state index >= 15 is 0 Å². The molecule has 2 aromatic carbocycles. The van der Waals surface area contributed by atoms with E-state index in [1.165, 1.54) is 42.5 Å². The van der Waals surface area contributed by atoms with Gasteiger partial charge in [0.25, 0.3) is 0 Å². The molecule has 1 heterocycles. The van der Waals surface area contributed by atoms with E-state index in [1.807, 2.05) is 18.2 Å². The van der Waals surface area contributed by atoms with Crippen molar-refractivity contribution in [2.45, 2.75) is 17.9 Å². The van der Waals surface area contributed by atoms with Gasteiger partial charge < -0.3 is 9.47 Å². The number of ether oxygens (including phenoxy) is 2. The van der Waals surface area contributed by atoms with E-state index in [2.05, 4.69) is 0 Å². The minimum atomic E-state index is -3.67. The maximum absolute atomic E-state index is 12.7. The van der Waals surface area contributed by atoms with Gasteiger partial charge in [-0.1, -0.05) is 24.3 Å². The van der Waals surface area contributed by atoms with Crippen molar-refractivity contribution in [1.82, 2.24) is 4.31 Å². The molecule has 0 fully saturated rings. The summed E-state index contributed by atoms with van der Waals surface area (Å²) in [6, 6.07) is 13.2. The number of sulfonamides is 1. The minimum Gasteiger partial charge on any atom is -0.486 e. The highest BCUT2D eigenvalue weighted by molar-refractivity contribution is 7.89. The summed E-state index contributed by atoms with van der Waals surface area (Å²) >= 11 is 0. The average molecular weight is 361 g/mol. The van der Waals surface area contributed by atoms with Crippen molar-refractivity contribution in [2.75, 3.05) is 20.2 Å². The molecular formula is C18H19NO5S. The Morgan fingerprint density at radius 3 is 2.40 bits per heavy atom. The van der Waals surface area contributed by atoms with E-state index in [9.17, 15) is 13.2 Å². The first-order valence-corrected chi connectivity index (χ1v) is 9.28. The van der Waals surface area contributed by atoms with E-state index in [0.29, 0.717) is 17.1 Å². The van der Waals surface area contributed by atoms with Crippen molar-refractivity contribution >= 4 is 15.8 Å². The van der Waals surface area contributed by atoms with Crippen LogP contribution in [0.15, 0.2) is 53.4 Å². The van der Waals surface area contributed by atoms with Crippen LogP contribution in [0.4, 0.5) is 0 Å². The number of rotatable bonds is 5. The number of likely N-dealkylation sites (N-methyl/N-ethyl adjacent to an activating group) is 1. The molecule has 6 nitrogen and oxygen atoms in total. The summed E-state index contributed by atoms with van der Waals surface area (Å²) in [6.07, 6.45) is -0.397. The standard InChI is InChI=1S/C18H19NO5S/c1-13(20)14-7-9-16(10-8-14)25(21,22)19(2)11-15-12-23-17-5-3-4-6-18(17)24-15/h3-10,15H,11-12H2,1-2H3. The maximum atomic E-state index is 12.7. The number of hydrogen-bond donors (Lipinski definition) is 0. The van der Waals surface area contributed by atoms with Crippen LogP contribution in [0.3, 0.4) is 0 Å². The Labute approximate surface area is 147 Å². The fourth-order valence-electron chi connectivity index (χ4n) is 2.58. The predicted molar refractivity (Wildman–Crippen MR) is 92.6 cm³/mol. The molecule has 1 atom stereocenters. The SMILES string of the molecule is CC(=O)c1ccc(S(=O)(=O)N(C)CC2COc3ccccc3O2)cc1. The van der Waals surface area contributed by atoms with Crippen molar-refractivity contribution in [3.8, 4) is 11.5 Å². The zero-order valence-electron chi connectivity index (χ0n) is 14.0. The van der Waals surface area contributed by atoms with E-state index in [0.717, 1.165) is 0 Å². The van der Waals surface area contributed by atoms with Crippen molar-refractivity contribution in [3.63, 3.8) is 0 Å². The second-order valence-electron chi connectivity index (χ2n) is 5.86. The molecule has 1 unspecified atom stereocenters. The molecule has 0 aromatic heterocycles. The van der Waals surface area contributed by atoms with Crippen LogP contribution < -0.4 is 9.47 Å². The molecule has 3 rings (SSSR count). The lowest BCUT2D eigenvalue weighted by atomic mass is 10.2. The molecule has 7 heteroatoms. The molecule has 0 saturated carbocycles. The first kappa shape index (κ1) is 17.4. The summed E-state index contributed by atoms with van der Waals surface area (Å²) in [5, 5.41) is 0. The van der Waals surface area contributed by atoms with Gasteiger partial charge in [-0.2, -0.15) is 4.31 Å². The van der Waals surface area contributed by atoms with Crippen LogP contribution in [0.25, 0.3) is 0 Å². The molecule has 0 amide bonds. The molecule has 132 valence electrons. The molecule has 0 bridgehead atoms. The van der Waals surface area contributed by atoms with Crippen LogP contribution in [0.2, 0.25) is 0 Å². The van der Waals surface area contributed by atoms with Crippen LogP contribution in [0.5, 0.6) is 11.5 Å². The number of para-hydroxylation sites is 2. The van der Waals surface area contributed by atoms with Gasteiger partial charge in [-0.3, -0.25) is 4.79 Å². The van der Waals surface area contributed by atoms with E-state index in [-0.39, 0.29) is 23.8 Å². The smallest absolute Gasteiger partial charge is 0.242 e. The highest BCUT2D eigenvalue weighted by Gasteiger charge is 2.28. The Balaban J connectivity index is 1.72. The highest BCUT2D eigenvalue weighted by atomic mass is 32.2. The van der Waals surface area contributed by atoms with Gasteiger partial charge in [0.15, 0.2) is 17.3 Å². The van der Waals surface area contributed by atoms with Crippen LogP contribution in [0, 0.1) is 0 Å². The number of nitrogens with zero attached hydrogens (tertiary/aromatic N) is 1. The zero-order chi connectivity index (χ0) is 18.0. The Morgan fingerprint density at radius 2 is 1.76 bits per heavy atom. The fourth-order valence-corrected chi connectivity index (χ4v) is 3.78. The van der Waals surface area contributed by atoms with E-state index in [4.69, 9.17) is 9.47 Å². The minimum absolute atomic E-state index is 0.108. The fraction of sp³-hybridized carbons (Fsp3) is 0.278. The number of Topliss-reactive ketones (excluding diaryl/α,β-unsaturated/α-hetero) is 1. The van der Waals surface area contributed by atoms with Crippen LogP contribution in [-0.2, 0) is 10.0 Å². The second kappa shape index (κ2) is 6.85. The molecule has 25 heavy (non-hydrogen) atoms. The number of benzene rings is 2. The number of carbonyl (C=O) groups is 1. The van der Waals surface area contributed by atoms with Crippen molar-refractivity contribution in [1.29, 1.82) is 0 Å². The number of ketones is 1. The van der Waals surface area contributed by atoms with Gasteiger partial charge >= 0.3 is 0 Å². The second-order valence-corrected chi connectivity index (χ2v) is 7.91. The van der Waals surface area contributed by atoms with Crippen LogP contribution in [-0.4, -0.2) is 44.8 Å². The molecule has 0 aliphatic carbocycles. The Bertz CT molecular complexity index is 877. The molecule has 0 radical (unpaired) electrons. The van der Waals surface area contributed by atoms with Gasteiger partial charge in [0.1, 0.15) is 12.7 Å². The Morgan fingerprint density at radius 1 is 1.12 bits per heavy atom. The Kier molecular flexibility index (Phi) is 4.78. The Hall–Kier alpha value is -2.38. The summed E-state index contributed by atoms with van der Waals surface area (Å²) in [5.74, 6) is 1.16. The predicted octanol–water partition coefficient (Wildman–Crippen LogP) is 2.35. The topological polar surface area (TPSA) is 72.9 Å². The summed E-state index contributed by atoms with van der Waals surface area (Å²) in [6.45, 7) is 1.87. The van der Waals surface area contributed by atoms with Crippen molar-refractivity contribution in [3.05, 3.63) is 54.1 Å². The first-order chi connectivity index (χ1) is 11.9. The van der Waals surface area contributed by atoms with Gasteiger partial charge in [0, 0.05) is 12.6 Å². The van der Waals surface area contributed by atoms with Crippen LogP contribution >= 0.6 is 0 Å². The molecular weight excluding hydrogens is 342 g/mol. The monoisotopic (exact) mass is 361 g/mol. The number of hydrogen-bond acceptors (Lipinski definition) is 5. The summed E-state index contributed by atoms with van der Waals surface area (Å²) in [5.41, 5.74) is 0.474. The van der Waals surface area contributed by atoms with Gasteiger partial charge in [0.2, 0.25) is 10.0 Å². The third-order valence-corrected chi connectivity index (χ3v) is 5.83. The van der Waals surface area contributed by atoms with Crippen molar-refractivity contribution < 1.29 is 22.7 Å². The lowest BCUT2D eigenvalue weighted by Crippen LogP contribution is -2.41. The molecule has 0 saturated heterocycles. The first-order valence-electron chi connectivity index (χ1n) is 7.84. The molecule has 2 aromatic rings. The van der Waals surface area contributed by atoms with Crippen molar-refractivity contribution in [2.24, 2.45) is 0 Å².